The Morgan fingerprint density at radius 2 is 2.21 bits per heavy atom. The maximum Gasteiger partial charge on any atom is 0.251 e. The first-order chi connectivity index (χ1) is 6.74. The fraction of sp³-hybridized carbons (Fsp3) is 0.400. The van der Waals surface area contributed by atoms with E-state index in [1.807, 2.05) is 6.92 Å². The molecule has 1 heterocycles. The van der Waals surface area contributed by atoms with Gasteiger partial charge in [0.25, 0.3) is 5.91 Å². The highest BCUT2D eigenvalue weighted by Crippen LogP contribution is 1.96. The third-order valence-corrected chi connectivity index (χ3v) is 1.74. The summed E-state index contributed by atoms with van der Waals surface area (Å²) in [7, 11) is 1.61. The number of carbonyl (C=O) groups excluding carboxylic acids is 1. The highest BCUT2D eigenvalue weighted by atomic mass is 16.5. The molecular weight excluding hydrogens is 180 g/mol. The molecule has 0 aliphatic heterocycles. The van der Waals surface area contributed by atoms with Gasteiger partial charge in [0.1, 0.15) is 0 Å². The molecule has 1 aromatic heterocycles. The van der Waals surface area contributed by atoms with Crippen molar-refractivity contribution in [3.05, 3.63) is 30.1 Å². The van der Waals surface area contributed by atoms with Crippen molar-refractivity contribution in [2.45, 2.75) is 13.0 Å². The minimum absolute atomic E-state index is 0.0145. The van der Waals surface area contributed by atoms with Crippen molar-refractivity contribution in [2.24, 2.45) is 0 Å². The summed E-state index contributed by atoms with van der Waals surface area (Å²) in [6.07, 6.45) is 3.19. The maximum atomic E-state index is 11.5. The monoisotopic (exact) mass is 194 g/mol. The van der Waals surface area contributed by atoms with Gasteiger partial charge in [-0.3, -0.25) is 9.78 Å². The van der Waals surface area contributed by atoms with Crippen LogP contribution in [0.2, 0.25) is 0 Å². The summed E-state index contributed by atoms with van der Waals surface area (Å²) >= 11 is 0. The summed E-state index contributed by atoms with van der Waals surface area (Å²) in [6, 6.07) is 3.37. The van der Waals surface area contributed by atoms with E-state index in [9.17, 15) is 4.79 Å². The fourth-order valence-electron chi connectivity index (χ4n) is 1.10. The summed E-state index contributed by atoms with van der Waals surface area (Å²) in [5.74, 6) is -0.100. The van der Waals surface area contributed by atoms with E-state index < -0.39 is 0 Å². The number of rotatable bonds is 4. The van der Waals surface area contributed by atoms with Crippen LogP contribution in [-0.2, 0) is 4.74 Å². The van der Waals surface area contributed by atoms with Crippen molar-refractivity contribution in [3.8, 4) is 0 Å². The Hall–Kier alpha value is -1.42. The Kier molecular flexibility index (Phi) is 4.07. The van der Waals surface area contributed by atoms with Crippen molar-refractivity contribution in [1.82, 2.24) is 10.3 Å². The van der Waals surface area contributed by atoms with E-state index in [1.54, 1.807) is 31.6 Å². The van der Waals surface area contributed by atoms with E-state index in [4.69, 9.17) is 4.74 Å². The van der Waals surface area contributed by atoms with Gasteiger partial charge in [-0.15, -0.1) is 0 Å². The molecule has 1 amide bonds. The van der Waals surface area contributed by atoms with Crippen molar-refractivity contribution in [1.29, 1.82) is 0 Å². The van der Waals surface area contributed by atoms with Crippen LogP contribution in [0.15, 0.2) is 24.5 Å². The van der Waals surface area contributed by atoms with Gasteiger partial charge in [0.2, 0.25) is 0 Å². The molecule has 1 N–H and O–H groups in total. The maximum absolute atomic E-state index is 11.5. The zero-order valence-electron chi connectivity index (χ0n) is 8.36. The second kappa shape index (κ2) is 5.34. The number of pyridine rings is 1. The Labute approximate surface area is 83.3 Å². The van der Waals surface area contributed by atoms with Crippen molar-refractivity contribution < 1.29 is 9.53 Å². The zero-order valence-corrected chi connectivity index (χ0v) is 8.36. The molecule has 76 valence electrons. The van der Waals surface area contributed by atoms with Gasteiger partial charge >= 0.3 is 0 Å². The van der Waals surface area contributed by atoms with Crippen LogP contribution in [0.25, 0.3) is 0 Å². The predicted molar refractivity (Wildman–Crippen MR) is 53.0 cm³/mol. The largest absolute Gasteiger partial charge is 0.383 e. The Balaban J connectivity index is 2.51. The lowest BCUT2D eigenvalue weighted by molar-refractivity contribution is 0.0905. The first-order valence-electron chi connectivity index (χ1n) is 4.44. The lowest BCUT2D eigenvalue weighted by Gasteiger charge is -2.12. The quantitative estimate of drug-likeness (QED) is 0.773. The Bertz CT molecular complexity index is 287. The Morgan fingerprint density at radius 3 is 2.79 bits per heavy atom. The molecule has 14 heavy (non-hydrogen) atoms. The molecule has 0 bridgehead atoms. The van der Waals surface area contributed by atoms with E-state index in [1.165, 1.54) is 0 Å². The number of amides is 1. The third-order valence-electron chi connectivity index (χ3n) is 1.74. The average molecular weight is 194 g/mol. The van der Waals surface area contributed by atoms with Crippen molar-refractivity contribution in [2.75, 3.05) is 13.7 Å². The van der Waals surface area contributed by atoms with Crippen LogP contribution >= 0.6 is 0 Å². The minimum Gasteiger partial charge on any atom is -0.383 e. The molecule has 1 atom stereocenters. The first-order valence-corrected chi connectivity index (χ1v) is 4.44. The van der Waals surface area contributed by atoms with Crippen LogP contribution in [0.1, 0.15) is 17.3 Å². The lowest BCUT2D eigenvalue weighted by Crippen LogP contribution is -2.35. The standard InChI is InChI=1S/C10H14N2O2/c1-8(7-14-2)12-10(13)9-3-5-11-6-4-9/h3-6,8H,7H2,1-2H3,(H,12,13). The molecule has 1 unspecified atom stereocenters. The fourth-order valence-corrected chi connectivity index (χ4v) is 1.10. The van der Waals surface area contributed by atoms with Gasteiger partial charge in [0.05, 0.1) is 6.61 Å². The lowest BCUT2D eigenvalue weighted by atomic mass is 10.2. The molecule has 1 aromatic rings. The van der Waals surface area contributed by atoms with Crippen molar-refractivity contribution >= 4 is 5.91 Å². The molecule has 0 aromatic carbocycles. The van der Waals surface area contributed by atoms with E-state index in [-0.39, 0.29) is 11.9 Å². The molecule has 0 aliphatic rings. The number of ether oxygens (including phenoxy) is 1. The van der Waals surface area contributed by atoms with Gasteiger partial charge in [-0.05, 0) is 19.1 Å². The molecule has 0 radical (unpaired) electrons. The first kappa shape index (κ1) is 10.7. The molecule has 0 saturated heterocycles. The third kappa shape index (κ3) is 3.14. The molecule has 0 spiro atoms. The highest BCUT2D eigenvalue weighted by molar-refractivity contribution is 5.94. The molecule has 1 rings (SSSR count). The van der Waals surface area contributed by atoms with E-state index in [0.29, 0.717) is 12.2 Å². The molecule has 0 fully saturated rings. The van der Waals surface area contributed by atoms with E-state index in [2.05, 4.69) is 10.3 Å². The topological polar surface area (TPSA) is 51.2 Å². The number of nitrogens with one attached hydrogen (secondary N) is 1. The van der Waals surface area contributed by atoms with Gasteiger partial charge in [0.15, 0.2) is 0 Å². The van der Waals surface area contributed by atoms with Crippen LogP contribution in [0.3, 0.4) is 0 Å². The average Bonchev–Trinajstić information content (AvgIpc) is 2.19. The minimum atomic E-state index is -0.100. The van der Waals surface area contributed by atoms with Gasteiger partial charge < -0.3 is 10.1 Å². The van der Waals surface area contributed by atoms with Crippen LogP contribution < -0.4 is 5.32 Å². The molecule has 4 heteroatoms. The zero-order chi connectivity index (χ0) is 10.4. The molecule has 0 saturated carbocycles. The van der Waals surface area contributed by atoms with Crippen LogP contribution in [0.5, 0.6) is 0 Å². The van der Waals surface area contributed by atoms with Gasteiger partial charge in [-0.2, -0.15) is 0 Å². The van der Waals surface area contributed by atoms with Crippen LogP contribution in [-0.4, -0.2) is 30.6 Å². The summed E-state index contributed by atoms with van der Waals surface area (Å²) in [5.41, 5.74) is 0.614. The van der Waals surface area contributed by atoms with Gasteiger partial charge in [-0.1, -0.05) is 0 Å². The van der Waals surface area contributed by atoms with E-state index >= 15 is 0 Å². The smallest absolute Gasteiger partial charge is 0.251 e. The van der Waals surface area contributed by atoms with Crippen molar-refractivity contribution in [3.63, 3.8) is 0 Å². The van der Waals surface area contributed by atoms with E-state index in [0.717, 1.165) is 0 Å². The Morgan fingerprint density at radius 1 is 1.57 bits per heavy atom. The second-order valence-corrected chi connectivity index (χ2v) is 3.07. The summed E-state index contributed by atoms with van der Waals surface area (Å²) in [6.45, 7) is 2.40. The number of aromatic nitrogens is 1. The van der Waals surface area contributed by atoms with Gasteiger partial charge in [-0.25, -0.2) is 0 Å². The number of methoxy groups -OCH3 is 1. The molecule has 4 nitrogen and oxygen atoms in total. The number of hydrogen-bond donors (Lipinski definition) is 1. The van der Waals surface area contributed by atoms with Crippen LogP contribution in [0, 0.1) is 0 Å². The summed E-state index contributed by atoms with van der Waals surface area (Å²) < 4.78 is 4.91. The SMILES string of the molecule is COCC(C)NC(=O)c1ccncc1. The normalized spacial score (nSPS) is 12.1. The summed E-state index contributed by atoms with van der Waals surface area (Å²) in [4.78, 5) is 15.4. The number of carbonyl (C=O) groups is 1. The molecule has 0 aliphatic carbocycles. The molecular formula is C10H14N2O2. The number of nitrogens with zero attached hydrogens (tertiary/aromatic N) is 1. The number of hydrogen-bond acceptors (Lipinski definition) is 3. The van der Waals surface area contributed by atoms with Crippen LogP contribution in [0.4, 0.5) is 0 Å². The van der Waals surface area contributed by atoms with Gasteiger partial charge in [0, 0.05) is 31.1 Å². The summed E-state index contributed by atoms with van der Waals surface area (Å²) in [5, 5.41) is 2.81. The second-order valence-electron chi connectivity index (χ2n) is 3.07. The highest BCUT2D eigenvalue weighted by Gasteiger charge is 2.08. The predicted octanol–water partition coefficient (Wildman–Crippen LogP) is 0.846.